The number of aryl methyl sites for hydroxylation is 2. The summed E-state index contributed by atoms with van der Waals surface area (Å²) in [7, 11) is 0. The largest absolute Gasteiger partial charge is 0.486 e. The quantitative estimate of drug-likeness (QED) is 0.947. The molecule has 22 heavy (non-hydrogen) atoms. The summed E-state index contributed by atoms with van der Waals surface area (Å²) in [6.45, 7) is 4.82. The Labute approximate surface area is 130 Å². The normalized spacial score (nSPS) is 16.2. The van der Waals surface area contributed by atoms with Crippen LogP contribution in [0.15, 0.2) is 42.5 Å². The molecule has 1 amide bonds. The number of carbonyl (C=O) groups excluding carboxylic acids is 1. The summed E-state index contributed by atoms with van der Waals surface area (Å²) in [5.41, 5.74) is 2.84. The molecule has 1 aliphatic heterocycles. The van der Waals surface area contributed by atoms with Gasteiger partial charge in [-0.15, -0.1) is 0 Å². The van der Waals surface area contributed by atoms with Gasteiger partial charge in [0.1, 0.15) is 12.7 Å². The van der Waals surface area contributed by atoms with Crippen molar-refractivity contribution in [2.24, 2.45) is 0 Å². The standard InChI is InChI=1S/C18H19NO3/c1-12-7-13(2)9-14(8-12)18(20)19-10-15-11-21-16-5-3-4-6-17(16)22-15/h3-9,15H,10-11H2,1-2H3,(H,19,20)/t15-/m0/s1. The predicted molar refractivity (Wildman–Crippen MR) is 84.6 cm³/mol. The van der Waals surface area contributed by atoms with Crippen LogP contribution < -0.4 is 14.8 Å². The van der Waals surface area contributed by atoms with E-state index in [9.17, 15) is 4.79 Å². The number of nitrogens with one attached hydrogen (secondary N) is 1. The molecule has 0 aromatic heterocycles. The summed E-state index contributed by atoms with van der Waals surface area (Å²) in [4.78, 5) is 12.2. The van der Waals surface area contributed by atoms with Crippen LogP contribution in [-0.2, 0) is 0 Å². The molecule has 1 aliphatic rings. The van der Waals surface area contributed by atoms with Crippen molar-refractivity contribution in [3.63, 3.8) is 0 Å². The highest BCUT2D eigenvalue weighted by Gasteiger charge is 2.21. The summed E-state index contributed by atoms with van der Waals surface area (Å²) in [6, 6.07) is 13.4. The van der Waals surface area contributed by atoms with Gasteiger partial charge in [0.05, 0.1) is 6.54 Å². The molecule has 1 N–H and O–H groups in total. The van der Waals surface area contributed by atoms with Gasteiger partial charge in [-0.3, -0.25) is 4.79 Å². The van der Waals surface area contributed by atoms with Crippen molar-refractivity contribution in [2.45, 2.75) is 20.0 Å². The van der Waals surface area contributed by atoms with Crippen molar-refractivity contribution in [3.8, 4) is 11.5 Å². The van der Waals surface area contributed by atoms with Gasteiger partial charge in [-0.05, 0) is 38.1 Å². The van der Waals surface area contributed by atoms with E-state index in [1.165, 1.54) is 0 Å². The second-order valence-electron chi connectivity index (χ2n) is 5.58. The number of fused-ring (bicyclic) bond motifs is 1. The maximum Gasteiger partial charge on any atom is 0.251 e. The van der Waals surface area contributed by atoms with Crippen LogP contribution in [0.3, 0.4) is 0 Å². The van der Waals surface area contributed by atoms with Crippen molar-refractivity contribution in [1.29, 1.82) is 0 Å². The molecule has 0 aliphatic carbocycles. The van der Waals surface area contributed by atoms with Crippen molar-refractivity contribution in [3.05, 3.63) is 59.2 Å². The first-order valence-corrected chi connectivity index (χ1v) is 7.37. The van der Waals surface area contributed by atoms with E-state index in [-0.39, 0.29) is 12.0 Å². The van der Waals surface area contributed by atoms with Crippen LogP contribution in [0.2, 0.25) is 0 Å². The number of hydrogen-bond acceptors (Lipinski definition) is 3. The van der Waals surface area contributed by atoms with Crippen molar-refractivity contribution >= 4 is 5.91 Å². The molecule has 114 valence electrons. The highest BCUT2D eigenvalue weighted by Crippen LogP contribution is 2.30. The third kappa shape index (κ3) is 3.22. The van der Waals surface area contributed by atoms with Gasteiger partial charge in [-0.2, -0.15) is 0 Å². The molecule has 0 saturated carbocycles. The molecule has 1 atom stereocenters. The van der Waals surface area contributed by atoms with E-state index in [0.29, 0.717) is 18.7 Å². The van der Waals surface area contributed by atoms with Gasteiger partial charge in [0, 0.05) is 5.56 Å². The van der Waals surface area contributed by atoms with Gasteiger partial charge in [-0.25, -0.2) is 0 Å². The Hall–Kier alpha value is -2.49. The zero-order valence-corrected chi connectivity index (χ0v) is 12.8. The SMILES string of the molecule is Cc1cc(C)cc(C(=O)NC[C@H]2COc3ccccc3O2)c1. The topological polar surface area (TPSA) is 47.6 Å². The molecule has 3 rings (SSSR count). The highest BCUT2D eigenvalue weighted by atomic mass is 16.6. The average molecular weight is 297 g/mol. The summed E-state index contributed by atoms with van der Waals surface area (Å²) >= 11 is 0. The minimum atomic E-state index is -0.176. The Morgan fingerprint density at radius 3 is 2.55 bits per heavy atom. The lowest BCUT2D eigenvalue weighted by molar-refractivity contribution is 0.0789. The third-order valence-electron chi connectivity index (χ3n) is 3.54. The average Bonchev–Trinajstić information content (AvgIpc) is 2.51. The lowest BCUT2D eigenvalue weighted by Gasteiger charge is -2.26. The molecular weight excluding hydrogens is 278 g/mol. The smallest absolute Gasteiger partial charge is 0.251 e. The van der Waals surface area contributed by atoms with E-state index in [1.54, 1.807) is 0 Å². The first kappa shape index (κ1) is 14.4. The Morgan fingerprint density at radius 1 is 1.14 bits per heavy atom. The monoisotopic (exact) mass is 297 g/mol. The first-order valence-electron chi connectivity index (χ1n) is 7.37. The van der Waals surface area contributed by atoms with Crippen LogP contribution >= 0.6 is 0 Å². The molecule has 1 heterocycles. The Morgan fingerprint density at radius 2 is 1.82 bits per heavy atom. The van der Waals surface area contributed by atoms with Crippen LogP contribution in [-0.4, -0.2) is 25.2 Å². The minimum absolute atomic E-state index is 0.0886. The Kier molecular flexibility index (Phi) is 4.00. The third-order valence-corrected chi connectivity index (χ3v) is 3.54. The number of rotatable bonds is 3. The van der Waals surface area contributed by atoms with E-state index in [4.69, 9.17) is 9.47 Å². The van der Waals surface area contributed by atoms with Gasteiger partial charge in [0.15, 0.2) is 11.5 Å². The number of para-hydroxylation sites is 2. The maximum atomic E-state index is 12.2. The molecule has 0 radical (unpaired) electrons. The lowest BCUT2D eigenvalue weighted by atomic mass is 10.1. The van der Waals surface area contributed by atoms with Gasteiger partial charge >= 0.3 is 0 Å². The molecule has 2 aromatic carbocycles. The molecule has 2 aromatic rings. The van der Waals surface area contributed by atoms with Crippen molar-refractivity contribution < 1.29 is 14.3 Å². The summed E-state index contributed by atoms with van der Waals surface area (Å²) < 4.78 is 11.5. The predicted octanol–water partition coefficient (Wildman–Crippen LogP) is 2.87. The van der Waals surface area contributed by atoms with Gasteiger partial charge < -0.3 is 14.8 Å². The second kappa shape index (κ2) is 6.10. The summed E-state index contributed by atoms with van der Waals surface area (Å²) in [6.07, 6.45) is -0.176. The van der Waals surface area contributed by atoms with E-state index in [2.05, 4.69) is 5.32 Å². The fraction of sp³-hybridized carbons (Fsp3) is 0.278. The van der Waals surface area contributed by atoms with Crippen LogP contribution in [0.25, 0.3) is 0 Å². The number of carbonyl (C=O) groups is 1. The molecule has 0 fully saturated rings. The number of benzene rings is 2. The van der Waals surface area contributed by atoms with E-state index < -0.39 is 0 Å². The van der Waals surface area contributed by atoms with Crippen molar-refractivity contribution in [1.82, 2.24) is 5.32 Å². The molecule has 0 saturated heterocycles. The maximum absolute atomic E-state index is 12.2. The summed E-state index contributed by atoms with van der Waals surface area (Å²) in [5.74, 6) is 1.38. The van der Waals surface area contributed by atoms with Crippen LogP contribution in [0, 0.1) is 13.8 Å². The zero-order valence-electron chi connectivity index (χ0n) is 12.8. The Balaban J connectivity index is 1.60. The minimum Gasteiger partial charge on any atom is -0.486 e. The van der Waals surface area contributed by atoms with E-state index in [0.717, 1.165) is 22.6 Å². The lowest BCUT2D eigenvalue weighted by Crippen LogP contribution is -2.40. The molecule has 0 spiro atoms. The van der Waals surface area contributed by atoms with E-state index >= 15 is 0 Å². The van der Waals surface area contributed by atoms with E-state index in [1.807, 2.05) is 56.3 Å². The van der Waals surface area contributed by atoms with Gasteiger partial charge in [0.25, 0.3) is 5.91 Å². The molecule has 0 bridgehead atoms. The van der Waals surface area contributed by atoms with Crippen LogP contribution in [0.1, 0.15) is 21.5 Å². The fourth-order valence-electron chi connectivity index (χ4n) is 2.58. The highest BCUT2D eigenvalue weighted by molar-refractivity contribution is 5.94. The fourth-order valence-corrected chi connectivity index (χ4v) is 2.58. The second-order valence-corrected chi connectivity index (χ2v) is 5.58. The molecular formula is C18H19NO3. The molecule has 0 unspecified atom stereocenters. The number of amides is 1. The van der Waals surface area contributed by atoms with Crippen LogP contribution in [0.5, 0.6) is 11.5 Å². The van der Waals surface area contributed by atoms with Crippen molar-refractivity contribution in [2.75, 3.05) is 13.2 Å². The number of ether oxygens (including phenoxy) is 2. The van der Waals surface area contributed by atoms with Gasteiger partial charge in [-0.1, -0.05) is 29.3 Å². The van der Waals surface area contributed by atoms with Gasteiger partial charge in [0.2, 0.25) is 0 Å². The van der Waals surface area contributed by atoms with Crippen LogP contribution in [0.4, 0.5) is 0 Å². The first-order chi connectivity index (χ1) is 10.6. The number of hydrogen-bond donors (Lipinski definition) is 1. The molecule has 4 heteroatoms. The summed E-state index contributed by atoms with van der Waals surface area (Å²) in [5, 5.41) is 2.91. The Bertz CT molecular complexity index is 676. The molecule has 4 nitrogen and oxygen atoms in total. The zero-order chi connectivity index (χ0) is 15.5.